The molecule has 0 N–H and O–H groups in total. The molecule has 4 rings (SSSR count). The Morgan fingerprint density at radius 2 is 1.61 bits per heavy atom. The van der Waals surface area contributed by atoms with Gasteiger partial charge in [0.25, 0.3) is 0 Å². The van der Waals surface area contributed by atoms with Crippen LogP contribution in [0.25, 0.3) is 11.3 Å². The third-order valence-electron chi connectivity index (χ3n) is 5.27. The van der Waals surface area contributed by atoms with Crippen LogP contribution in [0.1, 0.15) is 11.1 Å². The molecule has 0 fully saturated rings. The highest BCUT2D eigenvalue weighted by Gasteiger charge is 2.10. The lowest BCUT2D eigenvalue weighted by Gasteiger charge is -2.12. The number of nitrogens with zero attached hydrogens (tertiary/aromatic N) is 2. The van der Waals surface area contributed by atoms with Crippen LogP contribution in [-0.2, 0) is 13.0 Å². The van der Waals surface area contributed by atoms with E-state index >= 15 is 0 Å². The highest BCUT2D eigenvalue weighted by atomic mass is 79.9. The summed E-state index contributed by atoms with van der Waals surface area (Å²) in [6, 6.07) is 22.3. The van der Waals surface area contributed by atoms with Gasteiger partial charge in [0.15, 0.2) is 16.3 Å². The van der Waals surface area contributed by atoms with Gasteiger partial charge in [0, 0.05) is 16.9 Å². The lowest BCUT2D eigenvalue weighted by atomic mass is 10.1. The van der Waals surface area contributed by atoms with Crippen LogP contribution in [0.5, 0.6) is 11.5 Å². The number of thiazole rings is 1. The Labute approximate surface area is 213 Å². The van der Waals surface area contributed by atoms with Crippen molar-refractivity contribution in [1.82, 2.24) is 4.57 Å². The van der Waals surface area contributed by atoms with Gasteiger partial charge in [-0.25, -0.2) is 4.99 Å². The van der Waals surface area contributed by atoms with Crippen molar-refractivity contribution >= 4 is 45.6 Å². The Balaban J connectivity index is 0.00000306. The molecule has 0 bridgehead atoms. The summed E-state index contributed by atoms with van der Waals surface area (Å²) in [7, 11) is 3.31. The first-order valence-electron chi connectivity index (χ1n) is 10.3. The monoisotopic (exact) mass is 544 g/mol. The number of aromatic nitrogens is 1. The molecule has 0 spiro atoms. The van der Waals surface area contributed by atoms with Crippen LogP contribution in [-0.4, -0.2) is 18.8 Å². The number of halogens is 2. The van der Waals surface area contributed by atoms with Crippen molar-refractivity contribution in [3.63, 3.8) is 0 Å². The first-order valence-corrected chi connectivity index (χ1v) is 11.6. The Morgan fingerprint density at radius 1 is 0.909 bits per heavy atom. The molecule has 7 heteroatoms. The molecule has 1 heterocycles. The van der Waals surface area contributed by atoms with Gasteiger partial charge in [0.1, 0.15) is 0 Å². The van der Waals surface area contributed by atoms with E-state index in [-0.39, 0.29) is 17.0 Å². The molecule has 0 aliphatic rings. The first kappa shape index (κ1) is 25.1. The fourth-order valence-electron chi connectivity index (χ4n) is 3.49. The van der Waals surface area contributed by atoms with Gasteiger partial charge in [-0.15, -0.1) is 28.3 Å². The minimum absolute atomic E-state index is 0. The maximum atomic E-state index is 6.11. The number of hydrogen-bond donors (Lipinski definition) is 0. The van der Waals surface area contributed by atoms with E-state index in [0.717, 1.165) is 51.2 Å². The summed E-state index contributed by atoms with van der Waals surface area (Å²) in [6.07, 6.45) is 0.832. The molecule has 0 saturated carbocycles. The molecule has 0 atom stereocenters. The number of ether oxygens (including phenoxy) is 2. The van der Waals surface area contributed by atoms with Crippen LogP contribution in [0, 0.1) is 6.92 Å². The normalized spacial score (nSPS) is 11.2. The number of hydrogen-bond acceptors (Lipinski definition) is 4. The van der Waals surface area contributed by atoms with Crippen molar-refractivity contribution in [3.05, 3.63) is 93.1 Å². The van der Waals surface area contributed by atoms with Gasteiger partial charge in [0.2, 0.25) is 0 Å². The molecule has 3 aromatic carbocycles. The quantitative estimate of drug-likeness (QED) is 0.245. The Hall–Kier alpha value is -2.54. The zero-order valence-corrected chi connectivity index (χ0v) is 22.0. The smallest absolute Gasteiger partial charge is 0.190 e. The van der Waals surface area contributed by atoms with E-state index in [0.29, 0.717) is 0 Å². The Bertz CT molecular complexity index is 1260. The lowest BCUT2D eigenvalue weighted by Crippen LogP contribution is -2.17. The van der Waals surface area contributed by atoms with E-state index in [4.69, 9.17) is 26.1 Å². The van der Waals surface area contributed by atoms with Gasteiger partial charge in [0.05, 0.1) is 25.6 Å². The zero-order valence-electron chi connectivity index (χ0n) is 18.7. The molecule has 172 valence electrons. The number of rotatable bonds is 7. The van der Waals surface area contributed by atoms with E-state index < -0.39 is 0 Å². The zero-order chi connectivity index (χ0) is 22.5. The predicted octanol–water partition coefficient (Wildman–Crippen LogP) is 7.25. The summed E-state index contributed by atoms with van der Waals surface area (Å²) >= 11 is 7.76. The molecular formula is C26H26BrClN2O2S. The summed E-state index contributed by atoms with van der Waals surface area (Å²) in [5.74, 6) is 1.47. The van der Waals surface area contributed by atoms with Crippen molar-refractivity contribution in [2.75, 3.05) is 14.2 Å². The van der Waals surface area contributed by atoms with Gasteiger partial charge < -0.3 is 14.0 Å². The van der Waals surface area contributed by atoms with Crippen molar-refractivity contribution in [2.45, 2.75) is 19.9 Å². The molecule has 4 aromatic rings. The standard InChI is InChI=1S/C26H25ClN2O2S.BrH/c1-18-4-11-22(12-5-18)28-26-29(23(17-32-26)20-7-9-21(27)10-8-20)15-14-19-6-13-24(30-2)25(16-19)31-3;/h4-13,16-17H,14-15H2,1-3H3;1H. The molecule has 33 heavy (non-hydrogen) atoms. The third kappa shape index (κ3) is 6.08. The molecule has 0 radical (unpaired) electrons. The predicted molar refractivity (Wildman–Crippen MR) is 143 cm³/mol. The van der Waals surface area contributed by atoms with E-state index in [9.17, 15) is 0 Å². The fourth-order valence-corrected chi connectivity index (χ4v) is 4.57. The van der Waals surface area contributed by atoms with E-state index in [2.05, 4.69) is 47.2 Å². The second-order valence-corrected chi connectivity index (χ2v) is 8.72. The van der Waals surface area contributed by atoms with Gasteiger partial charge in [-0.1, -0.05) is 47.5 Å². The molecule has 0 unspecified atom stereocenters. The summed E-state index contributed by atoms with van der Waals surface area (Å²) in [5, 5.41) is 2.88. The Kier molecular flexibility index (Phi) is 8.78. The Morgan fingerprint density at radius 3 is 2.27 bits per heavy atom. The number of aryl methyl sites for hydroxylation is 2. The van der Waals surface area contributed by atoms with Crippen molar-refractivity contribution in [2.24, 2.45) is 4.99 Å². The molecule has 0 amide bonds. The minimum Gasteiger partial charge on any atom is -0.493 e. The van der Waals surface area contributed by atoms with Crippen molar-refractivity contribution < 1.29 is 9.47 Å². The molecular weight excluding hydrogens is 520 g/mol. The largest absolute Gasteiger partial charge is 0.493 e. The van der Waals surface area contributed by atoms with Crippen molar-refractivity contribution in [1.29, 1.82) is 0 Å². The second kappa shape index (κ2) is 11.5. The lowest BCUT2D eigenvalue weighted by molar-refractivity contribution is 0.354. The summed E-state index contributed by atoms with van der Waals surface area (Å²) in [4.78, 5) is 5.89. The van der Waals surface area contributed by atoms with Crippen LogP contribution >= 0.6 is 39.9 Å². The maximum Gasteiger partial charge on any atom is 0.190 e. The van der Waals surface area contributed by atoms with Crippen LogP contribution in [0.2, 0.25) is 5.02 Å². The van der Waals surface area contributed by atoms with Crippen LogP contribution < -0.4 is 14.3 Å². The summed E-state index contributed by atoms with van der Waals surface area (Å²) < 4.78 is 13.1. The summed E-state index contributed by atoms with van der Waals surface area (Å²) in [5.41, 5.74) is 5.57. The number of benzene rings is 3. The molecule has 0 aliphatic carbocycles. The van der Waals surface area contributed by atoms with Crippen LogP contribution in [0.3, 0.4) is 0 Å². The summed E-state index contributed by atoms with van der Waals surface area (Å²) in [6.45, 7) is 2.86. The number of methoxy groups -OCH3 is 2. The van der Waals surface area contributed by atoms with E-state index in [1.54, 1.807) is 25.6 Å². The fraction of sp³-hybridized carbons (Fsp3) is 0.192. The average molecular weight is 546 g/mol. The maximum absolute atomic E-state index is 6.11. The first-order chi connectivity index (χ1) is 15.6. The topological polar surface area (TPSA) is 35.8 Å². The van der Waals surface area contributed by atoms with Gasteiger partial charge in [-0.2, -0.15) is 0 Å². The third-order valence-corrected chi connectivity index (χ3v) is 6.38. The molecule has 0 aliphatic heterocycles. The van der Waals surface area contributed by atoms with Gasteiger partial charge in [-0.3, -0.25) is 0 Å². The van der Waals surface area contributed by atoms with Crippen LogP contribution in [0.4, 0.5) is 5.69 Å². The average Bonchev–Trinajstić information content (AvgIpc) is 3.21. The minimum atomic E-state index is 0. The highest BCUT2D eigenvalue weighted by molar-refractivity contribution is 8.93. The van der Waals surface area contributed by atoms with Crippen molar-refractivity contribution in [3.8, 4) is 22.8 Å². The SMILES string of the molecule is Br.COc1ccc(CCn2c(-c3ccc(Cl)cc3)csc2=Nc2ccc(C)cc2)cc1OC. The molecule has 0 saturated heterocycles. The van der Waals surface area contributed by atoms with Gasteiger partial charge >= 0.3 is 0 Å². The van der Waals surface area contributed by atoms with Gasteiger partial charge in [-0.05, 0) is 60.9 Å². The highest BCUT2D eigenvalue weighted by Crippen LogP contribution is 2.28. The molecule has 4 nitrogen and oxygen atoms in total. The van der Waals surface area contributed by atoms with Crippen LogP contribution in [0.15, 0.2) is 77.1 Å². The van der Waals surface area contributed by atoms with E-state index in [1.165, 1.54) is 11.1 Å². The second-order valence-electron chi connectivity index (χ2n) is 7.45. The molecule has 1 aromatic heterocycles. The van der Waals surface area contributed by atoms with E-state index in [1.807, 2.05) is 36.4 Å².